The first-order valence-electron chi connectivity index (χ1n) is 6.97. The van der Waals surface area contributed by atoms with E-state index in [-0.39, 0.29) is 18.0 Å². The lowest BCUT2D eigenvalue weighted by atomic mass is 9.98. The molecular weight excluding hydrogens is 232 g/mol. The van der Waals surface area contributed by atoms with Gasteiger partial charge in [0.2, 0.25) is 0 Å². The summed E-state index contributed by atoms with van der Waals surface area (Å²) >= 11 is 0. The number of hydrogen-bond donors (Lipinski definition) is 1. The second-order valence-corrected chi connectivity index (χ2v) is 5.62. The molecule has 3 amide bonds. The van der Waals surface area contributed by atoms with Crippen LogP contribution in [0.5, 0.6) is 0 Å². The normalized spacial score (nSPS) is 31.1. The minimum absolute atomic E-state index is 0.0285. The van der Waals surface area contributed by atoms with E-state index in [9.17, 15) is 9.59 Å². The zero-order valence-electron chi connectivity index (χ0n) is 10.6. The average molecular weight is 252 g/mol. The van der Waals surface area contributed by atoms with Gasteiger partial charge < -0.3 is 10.1 Å². The molecule has 0 aromatic heterocycles. The molecule has 0 bridgehead atoms. The van der Waals surface area contributed by atoms with Gasteiger partial charge in [0.15, 0.2) is 0 Å². The molecule has 1 N–H and O–H groups in total. The third kappa shape index (κ3) is 1.90. The molecular formula is C13H20N2O3. The summed E-state index contributed by atoms with van der Waals surface area (Å²) in [5.74, 6) is -0.0285. The van der Waals surface area contributed by atoms with Crippen molar-refractivity contribution in [3.05, 3.63) is 0 Å². The van der Waals surface area contributed by atoms with E-state index in [1.54, 1.807) is 0 Å². The van der Waals surface area contributed by atoms with E-state index in [2.05, 4.69) is 5.32 Å². The van der Waals surface area contributed by atoms with E-state index in [4.69, 9.17) is 4.74 Å². The summed E-state index contributed by atoms with van der Waals surface area (Å²) in [4.78, 5) is 25.7. The van der Waals surface area contributed by atoms with Gasteiger partial charge in [-0.15, -0.1) is 0 Å². The minimum atomic E-state index is -0.578. The second-order valence-electron chi connectivity index (χ2n) is 5.62. The van der Waals surface area contributed by atoms with Gasteiger partial charge in [0.1, 0.15) is 5.54 Å². The van der Waals surface area contributed by atoms with E-state index in [1.807, 2.05) is 0 Å². The first kappa shape index (κ1) is 12.0. The van der Waals surface area contributed by atoms with Crippen LogP contribution in [0, 0.1) is 0 Å². The van der Waals surface area contributed by atoms with Crippen LogP contribution < -0.4 is 5.32 Å². The van der Waals surface area contributed by atoms with Gasteiger partial charge in [-0.3, -0.25) is 9.69 Å². The molecule has 1 spiro atoms. The maximum Gasteiger partial charge on any atom is 0.325 e. The fourth-order valence-electron chi connectivity index (χ4n) is 3.31. The van der Waals surface area contributed by atoms with Crippen molar-refractivity contribution in [2.45, 2.75) is 56.6 Å². The molecule has 3 rings (SSSR count). The molecule has 2 aliphatic heterocycles. The molecule has 5 nitrogen and oxygen atoms in total. The summed E-state index contributed by atoms with van der Waals surface area (Å²) in [6.07, 6.45) is 6.83. The Balaban J connectivity index is 1.68. The molecule has 1 aliphatic carbocycles. The molecule has 100 valence electrons. The van der Waals surface area contributed by atoms with Gasteiger partial charge in [-0.2, -0.15) is 0 Å². The number of rotatable bonds is 2. The molecule has 1 atom stereocenters. The summed E-state index contributed by atoms with van der Waals surface area (Å²) in [5.41, 5.74) is -0.578. The Bertz CT molecular complexity index is 357. The predicted octanol–water partition coefficient (Wildman–Crippen LogP) is 1.42. The van der Waals surface area contributed by atoms with Crippen molar-refractivity contribution in [1.29, 1.82) is 0 Å². The van der Waals surface area contributed by atoms with Crippen LogP contribution in [0.2, 0.25) is 0 Å². The number of urea groups is 1. The Morgan fingerprint density at radius 2 is 2.00 bits per heavy atom. The van der Waals surface area contributed by atoms with Crippen molar-refractivity contribution in [3.8, 4) is 0 Å². The number of hydrogen-bond acceptors (Lipinski definition) is 3. The second kappa shape index (κ2) is 4.53. The van der Waals surface area contributed by atoms with Crippen LogP contribution in [-0.2, 0) is 9.53 Å². The number of nitrogens with zero attached hydrogens (tertiary/aromatic N) is 1. The van der Waals surface area contributed by atoms with Gasteiger partial charge in [0.05, 0.1) is 12.6 Å². The van der Waals surface area contributed by atoms with Crippen LogP contribution in [0.3, 0.4) is 0 Å². The predicted molar refractivity (Wildman–Crippen MR) is 65.0 cm³/mol. The highest BCUT2D eigenvalue weighted by atomic mass is 16.5. The van der Waals surface area contributed by atoms with Crippen LogP contribution in [0.25, 0.3) is 0 Å². The summed E-state index contributed by atoms with van der Waals surface area (Å²) in [6.45, 7) is 1.17. The van der Waals surface area contributed by atoms with Crippen LogP contribution in [-0.4, -0.2) is 41.6 Å². The lowest BCUT2D eigenvalue weighted by Crippen LogP contribution is -2.45. The zero-order valence-corrected chi connectivity index (χ0v) is 10.6. The maximum absolute atomic E-state index is 12.4. The fourth-order valence-corrected chi connectivity index (χ4v) is 3.31. The van der Waals surface area contributed by atoms with Crippen LogP contribution in [0.15, 0.2) is 0 Å². The van der Waals surface area contributed by atoms with Crippen LogP contribution in [0.1, 0.15) is 44.9 Å². The molecule has 0 aromatic rings. The van der Waals surface area contributed by atoms with Crippen molar-refractivity contribution < 1.29 is 14.3 Å². The summed E-state index contributed by atoms with van der Waals surface area (Å²) < 4.78 is 5.61. The number of nitrogens with one attached hydrogen (secondary N) is 1. The molecule has 2 heterocycles. The largest absolute Gasteiger partial charge is 0.376 e. The van der Waals surface area contributed by atoms with Crippen molar-refractivity contribution in [3.63, 3.8) is 0 Å². The number of amides is 3. The lowest BCUT2D eigenvalue weighted by molar-refractivity contribution is -0.132. The quantitative estimate of drug-likeness (QED) is 0.756. The van der Waals surface area contributed by atoms with Crippen LogP contribution >= 0.6 is 0 Å². The third-order valence-electron chi connectivity index (χ3n) is 4.36. The van der Waals surface area contributed by atoms with Crippen molar-refractivity contribution in [2.24, 2.45) is 0 Å². The SMILES string of the molecule is O=C1NC2(CCCC2)C(=O)N1C[C@H]1CCCCO1. The first-order valence-corrected chi connectivity index (χ1v) is 6.97. The highest BCUT2D eigenvalue weighted by Gasteiger charge is 2.52. The Labute approximate surface area is 107 Å². The van der Waals surface area contributed by atoms with E-state index in [0.29, 0.717) is 6.54 Å². The molecule has 0 unspecified atom stereocenters. The fraction of sp³-hybridized carbons (Fsp3) is 0.846. The summed E-state index contributed by atoms with van der Waals surface area (Å²) in [5, 5.41) is 2.90. The van der Waals surface area contributed by atoms with Gasteiger partial charge in [-0.25, -0.2) is 4.79 Å². The molecule has 18 heavy (non-hydrogen) atoms. The highest BCUT2D eigenvalue weighted by molar-refractivity contribution is 6.07. The number of carbonyl (C=O) groups is 2. The number of carbonyl (C=O) groups excluding carboxylic acids is 2. The smallest absolute Gasteiger partial charge is 0.325 e. The van der Waals surface area contributed by atoms with Gasteiger partial charge in [0.25, 0.3) is 5.91 Å². The molecule has 1 saturated carbocycles. The average Bonchev–Trinajstić information content (AvgIpc) is 2.93. The van der Waals surface area contributed by atoms with Crippen molar-refractivity contribution in [2.75, 3.05) is 13.2 Å². The Morgan fingerprint density at radius 1 is 1.22 bits per heavy atom. The van der Waals surface area contributed by atoms with Crippen LogP contribution in [0.4, 0.5) is 4.79 Å². The Hall–Kier alpha value is -1.10. The van der Waals surface area contributed by atoms with E-state index in [0.717, 1.165) is 51.6 Å². The monoisotopic (exact) mass is 252 g/mol. The van der Waals surface area contributed by atoms with Gasteiger partial charge in [0, 0.05) is 6.61 Å². The Morgan fingerprint density at radius 3 is 2.67 bits per heavy atom. The first-order chi connectivity index (χ1) is 8.71. The molecule has 0 aromatic carbocycles. The molecule has 5 heteroatoms. The zero-order chi connectivity index (χ0) is 12.6. The molecule has 3 fully saturated rings. The van der Waals surface area contributed by atoms with E-state index < -0.39 is 5.54 Å². The van der Waals surface area contributed by atoms with Gasteiger partial charge in [-0.1, -0.05) is 12.8 Å². The van der Waals surface area contributed by atoms with E-state index >= 15 is 0 Å². The van der Waals surface area contributed by atoms with Crippen molar-refractivity contribution >= 4 is 11.9 Å². The Kier molecular flexibility index (Phi) is 3.01. The molecule has 0 radical (unpaired) electrons. The minimum Gasteiger partial charge on any atom is -0.376 e. The standard InChI is InChI=1S/C13H20N2O3/c16-11-13(6-2-3-7-13)14-12(17)15(11)9-10-5-1-4-8-18-10/h10H,1-9H2,(H,14,17)/t10-/m1/s1. The van der Waals surface area contributed by atoms with Gasteiger partial charge >= 0.3 is 6.03 Å². The summed E-state index contributed by atoms with van der Waals surface area (Å²) in [6, 6.07) is -0.226. The number of imide groups is 1. The topological polar surface area (TPSA) is 58.6 Å². The maximum atomic E-state index is 12.4. The highest BCUT2D eigenvalue weighted by Crippen LogP contribution is 2.35. The third-order valence-corrected chi connectivity index (χ3v) is 4.36. The van der Waals surface area contributed by atoms with E-state index in [1.165, 1.54) is 4.90 Å². The van der Waals surface area contributed by atoms with Crippen molar-refractivity contribution in [1.82, 2.24) is 10.2 Å². The lowest BCUT2D eigenvalue weighted by Gasteiger charge is -2.26. The number of ether oxygens (including phenoxy) is 1. The van der Waals surface area contributed by atoms with Gasteiger partial charge in [-0.05, 0) is 32.1 Å². The molecule has 3 aliphatic rings. The molecule has 2 saturated heterocycles. The summed E-state index contributed by atoms with van der Waals surface area (Å²) in [7, 11) is 0.